The Labute approximate surface area is 155 Å². The predicted molar refractivity (Wildman–Crippen MR) is 99.9 cm³/mol. The summed E-state index contributed by atoms with van der Waals surface area (Å²) in [5.41, 5.74) is 2.70. The van der Waals surface area contributed by atoms with Gasteiger partial charge in [-0.3, -0.25) is 0 Å². The maximum Gasteiger partial charge on any atom is 0.146 e. The van der Waals surface area contributed by atoms with Gasteiger partial charge in [0.2, 0.25) is 0 Å². The number of ether oxygens (including phenoxy) is 1. The molecule has 0 radical (unpaired) electrons. The van der Waals surface area contributed by atoms with Crippen LogP contribution in [0.1, 0.15) is 39.3 Å². The third-order valence-electron chi connectivity index (χ3n) is 3.25. The maximum atomic E-state index is 9.11. The first-order chi connectivity index (χ1) is 11.9. The molecule has 3 aromatic rings. The molecular weight excluding hydrogens is 384 g/mol. The molecule has 7 nitrogen and oxygen atoms in total. The molecule has 0 saturated carbocycles. The summed E-state index contributed by atoms with van der Waals surface area (Å²) in [4.78, 5) is 0.646. The van der Waals surface area contributed by atoms with Gasteiger partial charge in [0.15, 0.2) is 0 Å². The lowest BCUT2D eigenvalue weighted by molar-refractivity contribution is 0.417. The largest absolute Gasteiger partial charge is 0.494 e. The number of halogens is 1. The molecule has 3 rings (SSSR count). The van der Waals surface area contributed by atoms with E-state index < -0.39 is 0 Å². The molecule has 0 spiro atoms. The van der Waals surface area contributed by atoms with Crippen LogP contribution < -0.4 is 4.74 Å². The number of alkyl halides is 1. The average Bonchev–Trinajstić information content (AvgIpc) is 3.20. The number of nitriles is 1. The summed E-state index contributed by atoms with van der Waals surface area (Å²) in [6.45, 7) is 8.24. The fourth-order valence-corrected chi connectivity index (χ4v) is 2.12. The third kappa shape index (κ3) is 4.37. The van der Waals surface area contributed by atoms with Crippen molar-refractivity contribution in [3.63, 3.8) is 0 Å². The summed E-state index contributed by atoms with van der Waals surface area (Å²) in [6.07, 6.45) is 5.21. The first-order valence-electron chi connectivity index (χ1n) is 7.89. The van der Waals surface area contributed by atoms with E-state index in [-0.39, 0.29) is 6.04 Å². The lowest BCUT2D eigenvalue weighted by Gasteiger charge is -2.06. The number of methoxy groups -OCH3 is 1. The van der Waals surface area contributed by atoms with Gasteiger partial charge < -0.3 is 4.74 Å². The molecule has 0 amide bonds. The number of hydrogen-bond acceptors (Lipinski definition) is 5. The Bertz CT molecular complexity index is 888. The van der Waals surface area contributed by atoms with E-state index in [1.807, 2.05) is 32.3 Å². The minimum Gasteiger partial charge on any atom is -0.494 e. The lowest BCUT2D eigenvalue weighted by Crippen LogP contribution is -2.00. The molecule has 0 unspecified atom stereocenters. The Hall–Kier alpha value is -2.40. The Morgan fingerprint density at radius 3 is 2.44 bits per heavy atom. The molecule has 132 valence electrons. The molecule has 0 aliphatic rings. The third-order valence-corrected chi connectivity index (χ3v) is 3.25. The summed E-state index contributed by atoms with van der Waals surface area (Å²) in [5, 5.41) is 21.6. The van der Waals surface area contributed by atoms with Gasteiger partial charge in [-0.15, -0.1) is 5.10 Å². The second kappa shape index (κ2) is 8.12. The van der Waals surface area contributed by atoms with Gasteiger partial charge in [0.25, 0.3) is 0 Å². The van der Waals surface area contributed by atoms with E-state index in [2.05, 4.69) is 51.3 Å². The monoisotopic (exact) mass is 404 g/mol. The van der Waals surface area contributed by atoms with Crippen molar-refractivity contribution in [2.24, 2.45) is 0 Å². The highest BCUT2D eigenvalue weighted by atomic mass is 79.9. The van der Waals surface area contributed by atoms with Crippen molar-refractivity contribution in [3.05, 3.63) is 30.2 Å². The maximum absolute atomic E-state index is 9.11. The summed E-state index contributed by atoms with van der Waals surface area (Å²) in [5.74, 6) is 0.584. The van der Waals surface area contributed by atoms with Gasteiger partial charge in [-0.25, -0.2) is 9.20 Å². The molecule has 0 bridgehead atoms. The van der Waals surface area contributed by atoms with E-state index in [9.17, 15) is 0 Å². The lowest BCUT2D eigenvalue weighted by atomic mass is 10.2. The molecule has 0 saturated heterocycles. The first-order valence-corrected chi connectivity index (χ1v) is 8.80. The molecule has 0 N–H and O–H groups in total. The van der Waals surface area contributed by atoms with E-state index in [1.165, 1.54) is 6.20 Å². The molecular formula is C17H21BrN6O. The summed E-state index contributed by atoms with van der Waals surface area (Å²) in [6, 6.07) is 4.19. The van der Waals surface area contributed by atoms with Crippen LogP contribution in [0.5, 0.6) is 5.75 Å². The van der Waals surface area contributed by atoms with E-state index in [0.717, 1.165) is 11.3 Å². The SMILES string of the molecule is CC(C)Br.COc1cc(-c2cn(C(C)C)nn2)cn2ncc(C#N)c12. The van der Waals surface area contributed by atoms with Crippen molar-refractivity contribution in [1.82, 2.24) is 24.6 Å². The van der Waals surface area contributed by atoms with Crippen LogP contribution in [0.15, 0.2) is 24.7 Å². The van der Waals surface area contributed by atoms with E-state index >= 15 is 0 Å². The van der Waals surface area contributed by atoms with Gasteiger partial charge in [0, 0.05) is 22.6 Å². The zero-order valence-electron chi connectivity index (χ0n) is 14.9. The van der Waals surface area contributed by atoms with E-state index in [0.29, 0.717) is 21.7 Å². The number of nitrogens with zero attached hydrogens (tertiary/aromatic N) is 6. The van der Waals surface area contributed by atoms with Crippen molar-refractivity contribution in [2.75, 3.05) is 7.11 Å². The van der Waals surface area contributed by atoms with Gasteiger partial charge in [0.1, 0.15) is 28.6 Å². The van der Waals surface area contributed by atoms with Crippen LogP contribution in [0, 0.1) is 11.3 Å². The molecule has 0 aliphatic heterocycles. The highest BCUT2D eigenvalue weighted by Gasteiger charge is 2.14. The molecule has 0 aliphatic carbocycles. The topological polar surface area (TPSA) is 81.0 Å². The second-order valence-corrected chi connectivity index (χ2v) is 7.78. The van der Waals surface area contributed by atoms with Crippen molar-refractivity contribution in [2.45, 2.75) is 38.6 Å². The van der Waals surface area contributed by atoms with E-state index in [1.54, 1.807) is 16.3 Å². The van der Waals surface area contributed by atoms with Gasteiger partial charge in [0.05, 0.1) is 19.5 Å². The summed E-state index contributed by atoms with van der Waals surface area (Å²) < 4.78 is 8.79. The molecule has 0 fully saturated rings. The highest BCUT2D eigenvalue weighted by Crippen LogP contribution is 2.28. The quantitative estimate of drug-likeness (QED) is 0.619. The molecule has 0 aromatic carbocycles. The van der Waals surface area contributed by atoms with Gasteiger partial charge in [-0.05, 0) is 19.9 Å². The summed E-state index contributed by atoms with van der Waals surface area (Å²) in [7, 11) is 1.57. The molecule has 8 heteroatoms. The Morgan fingerprint density at radius 1 is 1.24 bits per heavy atom. The smallest absolute Gasteiger partial charge is 0.146 e. The number of rotatable bonds is 3. The highest BCUT2D eigenvalue weighted by molar-refractivity contribution is 9.09. The molecule has 3 aromatic heterocycles. The van der Waals surface area contributed by atoms with Crippen LogP contribution in [0.3, 0.4) is 0 Å². The van der Waals surface area contributed by atoms with Gasteiger partial charge in [-0.1, -0.05) is 35.0 Å². The number of pyridine rings is 1. The summed E-state index contributed by atoms with van der Waals surface area (Å²) >= 11 is 3.27. The fraction of sp³-hybridized carbons (Fsp3) is 0.412. The van der Waals surface area contributed by atoms with Gasteiger partial charge >= 0.3 is 0 Å². The number of fused-ring (bicyclic) bond motifs is 1. The zero-order valence-corrected chi connectivity index (χ0v) is 16.5. The molecule has 0 atom stereocenters. The second-order valence-electron chi connectivity index (χ2n) is 5.95. The minimum absolute atomic E-state index is 0.242. The van der Waals surface area contributed by atoms with Crippen LogP contribution in [-0.2, 0) is 0 Å². The molecule has 3 heterocycles. The average molecular weight is 405 g/mol. The van der Waals surface area contributed by atoms with E-state index in [4.69, 9.17) is 10.00 Å². The first kappa shape index (κ1) is 18.9. The van der Waals surface area contributed by atoms with Crippen molar-refractivity contribution in [1.29, 1.82) is 5.26 Å². The van der Waals surface area contributed by atoms with Crippen molar-refractivity contribution >= 4 is 21.4 Å². The predicted octanol–water partition coefficient (Wildman–Crippen LogP) is 3.84. The van der Waals surface area contributed by atoms with Crippen LogP contribution in [0.4, 0.5) is 0 Å². The van der Waals surface area contributed by atoms with Crippen LogP contribution >= 0.6 is 15.9 Å². The standard InChI is InChI=1S/C14H14N6O.C3H7Br/c1-9(2)19-8-12(17-18-19)10-4-13(21-3)14-11(5-15)6-16-20(14)7-10;1-3(2)4/h4,6-9H,1-3H3;3H,1-2H3. The van der Waals surface area contributed by atoms with Crippen LogP contribution in [0.2, 0.25) is 0 Å². The zero-order chi connectivity index (χ0) is 18.6. The fourth-order valence-electron chi connectivity index (χ4n) is 2.12. The van der Waals surface area contributed by atoms with Crippen molar-refractivity contribution < 1.29 is 4.74 Å². The van der Waals surface area contributed by atoms with Crippen molar-refractivity contribution in [3.8, 4) is 23.1 Å². The van der Waals surface area contributed by atoms with Gasteiger partial charge in [-0.2, -0.15) is 10.4 Å². The minimum atomic E-state index is 0.242. The van der Waals surface area contributed by atoms with Crippen LogP contribution in [-0.4, -0.2) is 36.5 Å². The number of aromatic nitrogens is 5. The number of hydrogen-bond donors (Lipinski definition) is 0. The Kier molecular flexibility index (Phi) is 6.15. The Morgan fingerprint density at radius 2 is 1.92 bits per heavy atom. The van der Waals surface area contributed by atoms with Crippen LogP contribution in [0.25, 0.3) is 16.8 Å². The molecule has 25 heavy (non-hydrogen) atoms. The normalized spacial score (nSPS) is 10.7. The Balaban J connectivity index is 0.000000511.